The van der Waals surface area contributed by atoms with E-state index in [2.05, 4.69) is 5.32 Å². The first kappa shape index (κ1) is 20.1. The quantitative estimate of drug-likeness (QED) is 0.482. The zero-order valence-corrected chi connectivity index (χ0v) is 16.7. The number of aryl methyl sites for hydroxylation is 1. The Morgan fingerprint density at radius 1 is 1.04 bits per heavy atom. The molecule has 3 rings (SSSR count). The Kier molecular flexibility index (Phi) is 6.45. The predicted molar refractivity (Wildman–Crippen MR) is 113 cm³/mol. The Balaban J connectivity index is 1.74. The molecule has 0 radical (unpaired) electrons. The molecule has 0 heterocycles. The topological polar surface area (TPSA) is 58.6 Å². The van der Waals surface area contributed by atoms with Crippen LogP contribution >= 0.6 is 23.2 Å². The second-order valence-electron chi connectivity index (χ2n) is 6.32. The molecule has 3 aromatic carbocycles. The average molecular weight is 416 g/mol. The molecule has 144 valence electrons. The summed E-state index contributed by atoms with van der Waals surface area (Å²) in [5.74, 6) is -0.239. The Labute approximate surface area is 173 Å². The third-order valence-electron chi connectivity index (χ3n) is 4.31. The average Bonchev–Trinajstić information content (AvgIpc) is 2.67. The summed E-state index contributed by atoms with van der Waals surface area (Å²) >= 11 is 12.4. The zero-order valence-electron chi connectivity index (χ0n) is 15.2. The maximum absolute atomic E-state index is 11.1. The monoisotopic (exact) mass is 415 g/mol. The number of ether oxygens (including phenoxy) is 1. The highest BCUT2D eigenvalue weighted by molar-refractivity contribution is 6.31. The number of hydrogen-bond acceptors (Lipinski definition) is 3. The van der Waals surface area contributed by atoms with Gasteiger partial charge in [0.15, 0.2) is 0 Å². The van der Waals surface area contributed by atoms with Crippen molar-refractivity contribution in [2.24, 2.45) is 0 Å². The molecule has 0 fully saturated rings. The fourth-order valence-corrected chi connectivity index (χ4v) is 3.17. The maximum atomic E-state index is 11.1. The summed E-state index contributed by atoms with van der Waals surface area (Å²) < 4.78 is 5.97. The largest absolute Gasteiger partial charge is 0.488 e. The van der Waals surface area contributed by atoms with Gasteiger partial charge >= 0.3 is 5.97 Å². The minimum absolute atomic E-state index is 0.259. The molecule has 0 aromatic heterocycles. The standard InChI is InChI=1S/C22H19Cl2NO3/c1-14-10-15(22(26)27)6-8-20(14)25-12-17-11-18(23)7-9-21(17)28-13-16-4-2-3-5-19(16)24/h2-11,25H,12-13H2,1H3,(H,26,27). The highest BCUT2D eigenvalue weighted by Gasteiger charge is 2.09. The van der Waals surface area contributed by atoms with Gasteiger partial charge in [-0.1, -0.05) is 41.4 Å². The fourth-order valence-electron chi connectivity index (χ4n) is 2.78. The molecule has 0 unspecified atom stereocenters. The smallest absolute Gasteiger partial charge is 0.335 e. The van der Waals surface area contributed by atoms with Crippen molar-refractivity contribution in [1.82, 2.24) is 0 Å². The summed E-state index contributed by atoms with van der Waals surface area (Å²) in [6.45, 7) is 2.69. The van der Waals surface area contributed by atoms with E-state index in [1.807, 2.05) is 43.3 Å². The van der Waals surface area contributed by atoms with Gasteiger partial charge in [0.25, 0.3) is 0 Å². The van der Waals surface area contributed by atoms with Crippen LogP contribution in [-0.4, -0.2) is 11.1 Å². The molecule has 0 amide bonds. The maximum Gasteiger partial charge on any atom is 0.335 e. The predicted octanol–water partition coefficient (Wildman–Crippen LogP) is 6.19. The number of anilines is 1. The zero-order chi connectivity index (χ0) is 20.1. The van der Waals surface area contributed by atoms with E-state index in [1.54, 1.807) is 24.3 Å². The molecule has 0 spiro atoms. The number of hydrogen-bond donors (Lipinski definition) is 2. The lowest BCUT2D eigenvalue weighted by molar-refractivity contribution is 0.0697. The van der Waals surface area contributed by atoms with Gasteiger partial charge in [0.2, 0.25) is 0 Å². The second kappa shape index (κ2) is 9.00. The van der Waals surface area contributed by atoms with Crippen molar-refractivity contribution in [3.05, 3.63) is 93.0 Å². The second-order valence-corrected chi connectivity index (χ2v) is 7.16. The first-order valence-corrected chi connectivity index (χ1v) is 9.42. The van der Waals surface area contributed by atoms with Crippen LogP contribution in [0, 0.1) is 6.92 Å². The van der Waals surface area contributed by atoms with Gasteiger partial charge in [-0.2, -0.15) is 0 Å². The van der Waals surface area contributed by atoms with Gasteiger partial charge in [-0.25, -0.2) is 4.79 Å². The third-order valence-corrected chi connectivity index (χ3v) is 4.91. The van der Waals surface area contributed by atoms with E-state index in [9.17, 15) is 4.79 Å². The highest BCUT2D eigenvalue weighted by Crippen LogP contribution is 2.27. The van der Waals surface area contributed by atoms with Crippen LogP contribution in [0.15, 0.2) is 60.7 Å². The van der Waals surface area contributed by atoms with Gasteiger partial charge in [0.05, 0.1) is 5.56 Å². The van der Waals surface area contributed by atoms with Gasteiger partial charge in [-0.15, -0.1) is 0 Å². The molecule has 0 aliphatic heterocycles. The van der Waals surface area contributed by atoms with Gasteiger partial charge < -0.3 is 15.2 Å². The minimum Gasteiger partial charge on any atom is -0.488 e. The number of benzene rings is 3. The Hall–Kier alpha value is -2.69. The molecule has 0 aliphatic rings. The van der Waals surface area contributed by atoms with Crippen LogP contribution in [0.3, 0.4) is 0 Å². The van der Waals surface area contributed by atoms with E-state index in [0.29, 0.717) is 28.9 Å². The van der Waals surface area contributed by atoms with E-state index in [0.717, 1.165) is 22.4 Å². The van der Waals surface area contributed by atoms with Gasteiger partial charge in [0, 0.05) is 33.4 Å². The van der Waals surface area contributed by atoms with Crippen molar-refractivity contribution in [3.8, 4) is 5.75 Å². The van der Waals surface area contributed by atoms with E-state index in [-0.39, 0.29) is 5.56 Å². The lowest BCUT2D eigenvalue weighted by Crippen LogP contribution is -2.06. The molecule has 2 N–H and O–H groups in total. The molecular weight excluding hydrogens is 397 g/mol. The number of carbonyl (C=O) groups is 1. The van der Waals surface area contributed by atoms with Gasteiger partial charge in [-0.05, 0) is 55.0 Å². The van der Waals surface area contributed by atoms with Crippen LogP contribution in [0.5, 0.6) is 5.75 Å². The lowest BCUT2D eigenvalue weighted by atomic mass is 10.1. The summed E-state index contributed by atoms with van der Waals surface area (Å²) in [6, 6.07) is 18.0. The Morgan fingerprint density at radius 2 is 1.82 bits per heavy atom. The lowest BCUT2D eigenvalue weighted by Gasteiger charge is -2.15. The third kappa shape index (κ3) is 4.97. The van der Waals surface area contributed by atoms with E-state index < -0.39 is 5.97 Å². The Morgan fingerprint density at radius 3 is 2.54 bits per heavy atom. The van der Waals surface area contributed by atoms with Crippen molar-refractivity contribution in [2.75, 3.05) is 5.32 Å². The number of aromatic carboxylic acids is 1. The number of rotatable bonds is 7. The van der Waals surface area contributed by atoms with Gasteiger partial charge in [-0.3, -0.25) is 0 Å². The molecule has 0 aliphatic carbocycles. The van der Waals surface area contributed by atoms with Crippen LogP contribution in [-0.2, 0) is 13.2 Å². The summed E-state index contributed by atoms with van der Waals surface area (Å²) in [4.78, 5) is 11.1. The van der Waals surface area contributed by atoms with Crippen LogP contribution < -0.4 is 10.1 Å². The molecule has 0 saturated heterocycles. The van der Waals surface area contributed by atoms with E-state index in [1.165, 1.54) is 0 Å². The van der Waals surface area contributed by atoms with Gasteiger partial charge in [0.1, 0.15) is 12.4 Å². The molecule has 3 aromatic rings. The normalized spacial score (nSPS) is 10.5. The van der Waals surface area contributed by atoms with E-state index >= 15 is 0 Å². The van der Waals surface area contributed by atoms with E-state index in [4.69, 9.17) is 33.0 Å². The van der Waals surface area contributed by atoms with Crippen molar-refractivity contribution in [3.63, 3.8) is 0 Å². The number of carboxylic acids is 1. The van der Waals surface area contributed by atoms with Crippen LogP contribution in [0.2, 0.25) is 10.0 Å². The van der Waals surface area contributed by atoms with Crippen molar-refractivity contribution < 1.29 is 14.6 Å². The molecule has 0 atom stereocenters. The van der Waals surface area contributed by atoms with Crippen molar-refractivity contribution in [1.29, 1.82) is 0 Å². The molecule has 0 saturated carbocycles. The molecule has 6 heteroatoms. The highest BCUT2D eigenvalue weighted by atomic mass is 35.5. The minimum atomic E-state index is -0.945. The first-order chi connectivity index (χ1) is 13.4. The SMILES string of the molecule is Cc1cc(C(=O)O)ccc1NCc1cc(Cl)ccc1OCc1ccccc1Cl. The molecule has 4 nitrogen and oxygen atoms in total. The summed E-state index contributed by atoms with van der Waals surface area (Å²) in [6.07, 6.45) is 0. The van der Waals surface area contributed by atoms with Crippen molar-refractivity contribution in [2.45, 2.75) is 20.1 Å². The summed E-state index contributed by atoms with van der Waals surface area (Å²) in [5.41, 5.74) is 3.75. The number of nitrogens with one attached hydrogen (secondary N) is 1. The van der Waals surface area contributed by atoms with Crippen LogP contribution in [0.1, 0.15) is 27.0 Å². The fraction of sp³-hybridized carbons (Fsp3) is 0.136. The summed E-state index contributed by atoms with van der Waals surface area (Å²) in [5, 5.41) is 13.7. The number of halogens is 2. The molecule has 28 heavy (non-hydrogen) atoms. The Bertz CT molecular complexity index is 1000. The first-order valence-electron chi connectivity index (χ1n) is 8.66. The molecular formula is C22H19Cl2NO3. The summed E-state index contributed by atoms with van der Waals surface area (Å²) in [7, 11) is 0. The van der Waals surface area contributed by atoms with Crippen molar-refractivity contribution >= 4 is 34.9 Å². The van der Waals surface area contributed by atoms with Crippen LogP contribution in [0.4, 0.5) is 5.69 Å². The number of carboxylic acid groups (broad SMARTS) is 1. The van der Waals surface area contributed by atoms with Crippen LogP contribution in [0.25, 0.3) is 0 Å². The molecule has 0 bridgehead atoms.